The maximum absolute atomic E-state index is 10.6. The number of nitrogens with zero attached hydrogens (tertiary/aromatic N) is 1. The van der Waals surface area contributed by atoms with E-state index in [9.17, 15) is 9.59 Å². The summed E-state index contributed by atoms with van der Waals surface area (Å²) >= 11 is 0. The molecule has 6 nitrogen and oxygen atoms in total. The summed E-state index contributed by atoms with van der Waals surface area (Å²) in [5, 5.41) is 8.55. The summed E-state index contributed by atoms with van der Waals surface area (Å²) in [5.74, 6) is -1.29. The molecule has 6 heteroatoms. The van der Waals surface area contributed by atoms with Crippen LogP contribution in [-0.2, 0) is 0 Å². The third-order valence-electron chi connectivity index (χ3n) is 1.21. The highest BCUT2D eigenvalue weighted by atomic mass is 16.5. The number of carboxylic acid groups (broad SMARTS) is 1. The SMILES string of the molecule is COc1[nH]c(=O)ncc1C(=O)O. The number of H-pyrrole nitrogens is 1. The van der Waals surface area contributed by atoms with Crippen LogP contribution in [0.4, 0.5) is 0 Å². The van der Waals surface area contributed by atoms with E-state index in [2.05, 4.69) is 14.7 Å². The zero-order chi connectivity index (χ0) is 9.14. The molecule has 0 aliphatic carbocycles. The van der Waals surface area contributed by atoms with E-state index in [0.29, 0.717) is 0 Å². The van der Waals surface area contributed by atoms with E-state index in [0.717, 1.165) is 6.20 Å². The minimum Gasteiger partial charge on any atom is -0.482 e. The van der Waals surface area contributed by atoms with Crippen LogP contribution >= 0.6 is 0 Å². The number of aromatic nitrogens is 2. The van der Waals surface area contributed by atoms with Crippen LogP contribution in [0.2, 0.25) is 0 Å². The first kappa shape index (κ1) is 8.25. The number of nitrogens with one attached hydrogen (secondary N) is 1. The van der Waals surface area contributed by atoms with Crippen molar-refractivity contribution in [2.75, 3.05) is 7.11 Å². The Labute approximate surface area is 66.8 Å². The fourth-order valence-electron chi connectivity index (χ4n) is 0.692. The lowest BCUT2D eigenvalue weighted by Gasteiger charge is -2.00. The molecule has 0 aliphatic heterocycles. The van der Waals surface area contributed by atoms with Crippen molar-refractivity contribution in [2.24, 2.45) is 0 Å². The van der Waals surface area contributed by atoms with E-state index >= 15 is 0 Å². The Morgan fingerprint density at radius 2 is 2.42 bits per heavy atom. The van der Waals surface area contributed by atoms with Gasteiger partial charge in [-0.25, -0.2) is 14.6 Å². The summed E-state index contributed by atoms with van der Waals surface area (Å²) < 4.78 is 4.61. The van der Waals surface area contributed by atoms with Crippen LogP contribution in [-0.4, -0.2) is 28.2 Å². The second-order valence-electron chi connectivity index (χ2n) is 1.94. The first-order chi connectivity index (χ1) is 5.65. The molecule has 2 N–H and O–H groups in total. The Balaban J connectivity index is 3.29. The molecule has 0 saturated carbocycles. The number of aromatic amines is 1. The first-order valence-corrected chi connectivity index (χ1v) is 3.01. The van der Waals surface area contributed by atoms with E-state index in [4.69, 9.17) is 5.11 Å². The second kappa shape index (κ2) is 3.04. The Kier molecular flexibility index (Phi) is 2.09. The summed E-state index contributed by atoms with van der Waals surface area (Å²) in [4.78, 5) is 26.4. The van der Waals surface area contributed by atoms with Gasteiger partial charge in [0.15, 0.2) is 0 Å². The summed E-state index contributed by atoms with van der Waals surface area (Å²) in [6.45, 7) is 0. The second-order valence-corrected chi connectivity index (χ2v) is 1.94. The van der Waals surface area contributed by atoms with Crippen LogP contribution in [0.5, 0.6) is 5.88 Å². The van der Waals surface area contributed by atoms with Crippen LogP contribution in [0.1, 0.15) is 10.4 Å². The van der Waals surface area contributed by atoms with E-state index in [1.165, 1.54) is 7.11 Å². The van der Waals surface area contributed by atoms with Crippen molar-refractivity contribution in [3.63, 3.8) is 0 Å². The topological polar surface area (TPSA) is 92.3 Å². The third-order valence-corrected chi connectivity index (χ3v) is 1.21. The van der Waals surface area contributed by atoms with Crippen molar-refractivity contribution in [2.45, 2.75) is 0 Å². The molecule has 0 amide bonds. The smallest absolute Gasteiger partial charge is 0.347 e. The van der Waals surface area contributed by atoms with Gasteiger partial charge in [-0.1, -0.05) is 0 Å². The van der Waals surface area contributed by atoms with E-state index in [1.54, 1.807) is 0 Å². The van der Waals surface area contributed by atoms with Gasteiger partial charge in [-0.05, 0) is 0 Å². The molecular formula is C6H6N2O4. The molecule has 1 aromatic heterocycles. The largest absolute Gasteiger partial charge is 0.482 e. The van der Waals surface area contributed by atoms with Crippen molar-refractivity contribution in [3.8, 4) is 5.88 Å². The summed E-state index contributed by atoms with van der Waals surface area (Å²) in [7, 11) is 1.26. The average Bonchev–Trinajstić information content (AvgIpc) is 2.03. The number of aromatic carboxylic acids is 1. The molecule has 0 fully saturated rings. The van der Waals surface area contributed by atoms with Crippen LogP contribution in [0.15, 0.2) is 11.0 Å². The van der Waals surface area contributed by atoms with Crippen molar-refractivity contribution in [1.82, 2.24) is 9.97 Å². The Morgan fingerprint density at radius 3 is 2.92 bits per heavy atom. The van der Waals surface area contributed by atoms with Crippen LogP contribution in [0.25, 0.3) is 0 Å². The lowest BCUT2D eigenvalue weighted by molar-refractivity contribution is 0.0691. The van der Waals surface area contributed by atoms with Gasteiger partial charge in [0.05, 0.1) is 13.3 Å². The summed E-state index contributed by atoms with van der Waals surface area (Å²) in [6, 6.07) is 0. The Hall–Kier alpha value is -1.85. The van der Waals surface area contributed by atoms with Crippen LogP contribution < -0.4 is 10.4 Å². The highest BCUT2D eigenvalue weighted by Crippen LogP contribution is 2.09. The maximum atomic E-state index is 10.6. The molecule has 0 radical (unpaired) electrons. The van der Waals surface area contributed by atoms with Gasteiger partial charge < -0.3 is 9.84 Å². The molecule has 1 aromatic rings. The normalized spacial score (nSPS) is 9.42. The van der Waals surface area contributed by atoms with Gasteiger partial charge in [0.1, 0.15) is 5.56 Å². The molecule has 1 heterocycles. The molecule has 12 heavy (non-hydrogen) atoms. The zero-order valence-electron chi connectivity index (χ0n) is 6.20. The number of hydrogen-bond acceptors (Lipinski definition) is 4. The van der Waals surface area contributed by atoms with Crippen LogP contribution in [0.3, 0.4) is 0 Å². The van der Waals surface area contributed by atoms with Crippen molar-refractivity contribution >= 4 is 5.97 Å². The fraction of sp³-hybridized carbons (Fsp3) is 0.167. The van der Waals surface area contributed by atoms with Gasteiger partial charge in [-0.3, -0.25) is 4.98 Å². The number of rotatable bonds is 2. The van der Waals surface area contributed by atoms with Gasteiger partial charge >= 0.3 is 11.7 Å². The number of methoxy groups -OCH3 is 1. The van der Waals surface area contributed by atoms with Gasteiger partial charge in [0.2, 0.25) is 5.88 Å². The quantitative estimate of drug-likeness (QED) is 0.622. The monoisotopic (exact) mass is 170 g/mol. The average molecular weight is 170 g/mol. The summed E-state index contributed by atoms with van der Waals surface area (Å²) in [6.07, 6.45) is 0.944. The zero-order valence-corrected chi connectivity index (χ0v) is 6.20. The van der Waals surface area contributed by atoms with Crippen molar-refractivity contribution in [3.05, 3.63) is 22.2 Å². The maximum Gasteiger partial charge on any atom is 0.347 e. The number of ether oxygens (including phenoxy) is 1. The molecular weight excluding hydrogens is 164 g/mol. The minimum absolute atomic E-state index is 0.0949. The fourth-order valence-corrected chi connectivity index (χ4v) is 0.692. The van der Waals surface area contributed by atoms with E-state index < -0.39 is 11.7 Å². The molecule has 1 rings (SSSR count). The predicted molar refractivity (Wildman–Crippen MR) is 38.4 cm³/mol. The molecule has 0 saturated heterocycles. The third kappa shape index (κ3) is 1.42. The van der Waals surface area contributed by atoms with E-state index in [1.807, 2.05) is 0 Å². The van der Waals surface area contributed by atoms with E-state index in [-0.39, 0.29) is 11.4 Å². The molecule has 0 unspecified atom stereocenters. The standard InChI is InChI=1S/C6H6N2O4/c1-12-4-3(5(9)10)2-7-6(11)8-4/h2H,1H3,(H,9,10)(H,7,8,11). The highest BCUT2D eigenvalue weighted by Gasteiger charge is 2.11. The van der Waals surface area contributed by atoms with Crippen molar-refractivity contribution < 1.29 is 14.6 Å². The van der Waals surface area contributed by atoms with Crippen LogP contribution in [0, 0.1) is 0 Å². The number of carbonyl (C=O) groups is 1. The number of hydrogen-bond donors (Lipinski definition) is 2. The molecule has 0 bridgehead atoms. The molecule has 0 aromatic carbocycles. The van der Waals surface area contributed by atoms with Gasteiger partial charge in [-0.15, -0.1) is 0 Å². The van der Waals surface area contributed by atoms with Crippen molar-refractivity contribution in [1.29, 1.82) is 0 Å². The Morgan fingerprint density at radius 1 is 1.75 bits per heavy atom. The number of carboxylic acids is 1. The summed E-state index contributed by atoms with van der Waals surface area (Å²) in [5.41, 5.74) is -0.811. The molecule has 0 atom stereocenters. The minimum atomic E-state index is -1.20. The lowest BCUT2D eigenvalue weighted by Crippen LogP contribution is -2.14. The highest BCUT2D eigenvalue weighted by molar-refractivity contribution is 5.89. The lowest BCUT2D eigenvalue weighted by atomic mass is 10.3. The Bertz CT molecular complexity index is 357. The predicted octanol–water partition coefficient (Wildman–Crippen LogP) is -0.523. The van der Waals surface area contributed by atoms with Gasteiger partial charge in [0.25, 0.3) is 0 Å². The first-order valence-electron chi connectivity index (χ1n) is 3.01. The molecule has 64 valence electrons. The molecule has 0 spiro atoms. The van der Waals surface area contributed by atoms with Gasteiger partial charge in [0, 0.05) is 0 Å². The molecule has 0 aliphatic rings. The van der Waals surface area contributed by atoms with Gasteiger partial charge in [-0.2, -0.15) is 0 Å².